The van der Waals surface area contributed by atoms with Gasteiger partial charge in [0.1, 0.15) is 11.9 Å². The van der Waals surface area contributed by atoms with E-state index in [0.29, 0.717) is 6.54 Å². The monoisotopic (exact) mass is 223 g/mol. The molecule has 1 amide bonds. The molecule has 1 aliphatic rings. The highest BCUT2D eigenvalue weighted by atomic mass is 32.1. The van der Waals surface area contributed by atoms with Gasteiger partial charge in [0, 0.05) is 6.42 Å². The number of benzene rings is 1. The lowest BCUT2D eigenvalue weighted by Gasteiger charge is -2.10. The van der Waals surface area contributed by atoms with Crippen molar-refractivity contribution in [3.63, 3.8) is 0 Å². The molecule has 1 aromatic rings. The predicted octanol–water partition coefficient (Wildman–Crippen LogP) is 1.04. The molecule has 1 heterocycles. The number of hydrogen-bond donors (Lipinski definition) is 2. The number of carbonyl (C=O) groups is 1. The van der Waals surface area contributed by atoms with Crippen molar-refractivity contribution in [3.8, 4) is 5.75 Å². The van der Waals surface area contributed by atoms with Crippen LogP contribution in [0.25, 0.3) is 0 Å². The molecule has 2 rings (SSSR count). The van der Waals surface area contributed by atoms with Crippen molar-refractivity contribution in [1.29, 1.82) is 0 Å². The molecule has 0 spiro atoms. The van der Waals surface area contributed by atoms with E-state index in [9.17, 15) is 4.79 Å². The lowest BCUT2D eigenvalue weighted by Crippen LogP contribution is -2.35. The van der Waals surface area contributed by atoms with Crippen molar-refractivity contribution in [2.45, 2.75) is 12.5 Å². The zero-order valence-electron chi connectivity index (χ0n) is 8.27. The Labute approximate surface area is 94.2 Å². The van der Waals surface area contributed by atoms with Gasteiger partial charge in [-0.3, -0.25) is 4.79 Å². The van der Waals surface area contributed by atoms with Crippen LogP contribution >= 0.6 is 12.6 Å². The van der Waals surface area contributed by atoms with Crippen molar-refractivity contribution in [2.24, 2.45) is 0 Å². The Kier molecular flexibility index (Phi) is 3.16. The van der Waals surface area contributed by atoms with Crippen molar-refractivity contribution >= 4 is 18.5 Å². The Hall–Kier alpha value is -1.16. The summed E-state index contributed by atoms with van der Waals surface area (Å²) in [7, 11) is 0. The average molecular weight is 223 g/mol. The first-order chi connectivity index (χ1) is 7.29. The van der Waals surface area contributed by atoms with E-state index in [1.165, 1.54) is 5.56 Å². The molecule has 1 unspecified atom stereocenters. The molecule has 0 saturated carbocycles. The molecule has 4 heteroatoms. The van der Waals surface area contributed by atoms with Gasteiger partial charge in [-0.05, 0) is 11.6 Å². The summed E-state index contributed by atoms with van der Waals surface area (Å²) in [6, 6.07) is 7.95. The number of ether oxygens (including phenoxy) is 1. The summed E-state index contributed by atoms with van der Waals surface area (Å²) < 4.78 is 5.66. The summed E-state index contributed by atoms with van der Waals surface area (Å²) in [6.45, 7) is 0.550. The normalized spacial score (nSPS) is 18.1. The van der Waals surface area contributed by atoms with E-state index in [0.717, 1.165) is 12.2 Å². The molecular weight excluding hydrogens is 210 g/mol. The fraction of sp³-hybridized carbons (Fsp3) is 0.364. The van der Waals surface area contributed by atoms with E-state index in [2.05, 4.69) is 24.0 Å². The number of nitrogens with one attached hydrogen (secondary N) is 1. The van der Waals surface area contributed by atoms with Gasteiger partial charge >= 0.3 is 0 Å². The van der Waals surface area contributed by atoms with Crippen LogP contribution in [0.1, 0.15) is 5.56 Å². The molecule has 80 valence electrons. The van der Waals surface area contributed by atoms with Gasteiger partial charge in [-0.25, -0.2) is 0 Å². The van der Waals surface area contributed by atoms with Crippen molar-refractivity contribution in [3.05, 3.63) is 29.8 Å². The number of fused-ring (bicyclic) bond motifs is 1. The lowest BCUT2D eigenvalue weighted by atomic mass is 10.1. The first-order valence-electron chi connectivity index (χ1n) is 4.91. The summed E-state index contributed by atoms with van der Waals surface area (Å²) in [4.78, 5) is 11.0. The van der Waals surface area contributed by atoms with Gasteiger partial charge in [0.2, 0.25) is 5.91 Å². The fourth-order valence-electron chi connectivity index (χ4n) is 1.65. The van der Waals surface area contributed by atoms with Crippen LogP contribution in [0.5, 0.6) is 5.75 Å². The van der Waals surface area contributed by atoms with Crippen LogP contribution < -0.4 is 10.1 Å². The van der Waals surface area contributed by atoms with E-state index in [1.807, 2.05) is 18.2 Å². The van der Waals surface area contributed by atoms with Crippen LogP contribution in [0.3, 0.4) is 0 Å². The van der Waals surface area contributed by atoms with E-state index < -0.39 is 0 Å². The largest absolute Gasteiger partial charge is 0.488 e. The predicted molar refractivity (Wildman–Crippen MR) is 61.4 cm³/mol. The molecule has 1 aromatic carbocycles. The van der Waals surface area contributed by atoms with Crippen LogP contribution in [0.2, 0.25) is 0 Å². The van der Waals surface area contributed by atoms with Gasteiger partial charge in [0.25, 0.3) is 0 Å². The molecule has 0 saturated heterocycles. The molecular formula is C11H13NO2S. The molecule has 0 bridgehead atoms. The number of amides is 1. The molecule has 0 radical (unpaired) electrons. The maximum atomic E-state index is 11.0. The summed E-state index contributed by atoms with van der Waals surface area (Å²) in [5, 5.41) is 2.77. The van der Waals surface area contributed by atoms with Gasteiger partial charge in [0.15, 0.2) is 0 Å². The van der Waals surface area contributed by atoms with Crippen LogP contribution in [-0.2, 0) is 11.2 Å². The number of hydrogen-bond acceptors (Lipinski definition) is 3. The van der Waals surface area contributed by atoms with Crippen molar-refractivity contribution in [1.82, 2.24) is 5.32 Å². The zero-order valence-corrected chi connectivity index (χ0v) is 9.17. The van der Waals surface area contributed by atoms with E-state index in [-0.39, 0.29) is 17.8 Å². The summed E-state index contributed by atoms with van der Waals surface area (Å²) in [5.41, 5.74) is 1.21. The third kappa shape index (κ3) is 2.45. The van der Waals surface area contributed by atoms with Crippen LogP contribution in [0.4, 0.5) is 0 Å². The van der Waals surface area contributed by atoms with Crippen molar-refractivity contribution < 1.29 is 9.53 Å². The third-order valence-corrected chi connectivity index (χ3v) is 2.67. The third-order valence-electron chi connectivity index (χ3n) is 2.38. The number of thiol groups is 1. The summed E-state index contributed by atoms with van der Waals surface area (Å²) >= 11 is 3.89. The Morgan fingerprint density at radius 3 is 3.07 bits per heavy atom. The van der Waals surface area contributed by atoms with Crippen LogP contribution in [0.15, 0.2) is 24.3 Å². The minimum Gasteiger partial charge on any atom is -0.488 e. The highest BCUT2D eigenvalue weighted by Gasteiger charge is 2.22. The van der Waals surface area contributed by atoms with Gasteiger partial charge in [0.05, 0.1) is 12.3 Å². The second-order valence-corrected chi connectivity index (χ2v) is 3.83. The van der Waals surface area contributed by atoms with Gasteiger partial charge in [-0.15, -0.1) is 0 Å². The summed E-state index contributed by atoms with van der Waals surface area (Å²) in [5.74, 6) is 1.10. The highest BCUT2D eigenvalue weighted by molar-refractivity contribution is 7.81. The van der Waals surface area contributed by atoms with Crippen molar-refractivity contribution in [2.75, 3.05) is 12.3 Å². The smallest absolute Gasteiger partial charge is 0.229 e. The fourth-order valence-corrected chi connectivity index (χ4v) is 1.76. The van der Waals surface area contributed by atoms with Gasteiger partial charge in [-0.2, -0.15) is 12.6 Å². The molecule has 1 N–H and O–H groups in total. The first-order valence-corrected chi connectivity index (χ1v) is 5.55. The standard InChI is InChI=1S/C11H13NO2S/c13-11(7-15)12-6-9-5-8-3-1-2-4-10(8)14-9/h1-4,9,15H,5-7H2,(H,12,13). The first kappa shape index (κ1) is 10.4. The molecule has 3 nitrogen and oxygen atoms in total. The van der Waals surface area contributed by atoms with E-state index >= 15 is 0 Å². The number of carbonyl (C=O) groups excluding carboxylic acids is 1. The quantitative estimate of drug-likeness (QED) is 0.751. The number of para-hydroxylation sites is 1. The van der Waals surface area contributed by atoms with Gasteiger partial charge < -0.3 is 10.1 Å². The molecule has 0 fully saturated rings. The lowest BCUT2D eigenvalue weighted by molar-refractivity contribution is -0.118. The molecule has 1 aliphatic heterocycles. The minimum atomic E-state index is -0.0575. The van der Waals surface area contributed by atoms with Gasteiger partial charge in [-0.1, -0.05) is 18.2 Å². The SMILES string of the molecule is O=C(CS)NCC1Cc2ccccc2O1. The molecule has 1 atom stereocenters. The second-order valence-electron chi connectivity index (χ2n) is 3.51. The minimum absolute atomic E-state index is 0.0575. The summed E-state index contributed by atoms with van der Waals surface area (Å²) in [6.07, 6.45) is 0.925. The highest BCUT2D eigenvalue weighted by Crippen LogP contribution is 2.27. The zero-order chi connectivity index (χ0) is 10.7. The topological polar surface area (TPSA) is 38.3 Å². The Bertz CT molecular complexity index is 342. The van der Waals surface area contributed by atoms with Crippen LogP contribution in [0, 0.1) is 0 Å². The molecule has 0 aliphatic carbocycles. The number of rotatable bonds is 3. The molecule has 0 aromatic heterocycles. The second kappa shape index (κ2) is 4.57. The Morgan fingerprint density at radius 2 is 2.33 bits per heavy atom. The Balaban J connectivity index is 1.88. The molecule has 15 heavy (non-hydrogen) atoms. The van der Waals surface area contributed by atoms with E-state index in [4.69, 9.17) is 4.74 Å². The average Bonchev–Trinajstić information content (AvgIpc) is 2.68. The van der Waals surface area contributed by atoms with E-state index in [1.54, 1.807) is 0 Å². The maximum Gasteiger partial charge on any atom is 0.229 e. The Morgan fingerprint density at radius 1 is 1.53 bits per heavy atom. The maximum absolute atomic E-state index is 11.0. The van der Waals surface area contributed by atoms with Crippen LogP contribution in [-0.4, -0.2) is 24.3 Å².